The summed E-state index contributed by atoms with van der Waals surface area (Å²) < 4.78 is 5.34. The molecule has 2 N–H and O–H groups in total. The molecule has 0 radical (unpaired) electrons. The molecule has 4 nitrogen and oxygen atoms in total. The molecule has 17 heavy (non-hydrogen) atoms. The zero-order valence-electron chi connectivity index (χ0n) is 10.6. The maximum atomic E-state index is 11.8. The molecule has 2 rings (SSSR count). The first-order valence-electron chi connectivity index (χ1n) is 5.79. The molecule has 2 atom stereocenters. The van der Waals surface area contributed by atoms with E-state index in [1.54, 1.807) is 4.90 Å². The zero-order chi connectivity index (χ0) is 11.9. The van der Waals surface area contributed by atoms with Gasteiger partial charge in [-0.05, 0) is 32.8 Å². The molecule has 1 aliphatic heterocycles. The van der Waals surface area contributed by atoms with Crippen molar-refractivity contribution in [3.05, 3.63) is 11.6 Å². The molecule has 1 amide bonds. The number of hydrogen-bond acceptors (Lipinski definition) is 3. The van der Waals surface area contributed by atoms with Gasteiger partial charge in [-0.25, -0.2) is 4.79 Å². The van der Waals surface area contributed by atoms with Crippen molar-refractivity contribution in [2.45, 2.75) is 38.8 Å². The molecule has 1 aliphatic carbocycles. The van der Waals surface area contributed by atoms with E-state index in [1.807, 2.05) is 20.8 Å². The molecule has 0 aromatic heterocycles. The number of carbonyl (C=O) groups excluding carboxylic acids is 1. The van der Waals surface area contributed by atoms with Crippen molar-refractivity contribution >= 4 is 18.5 Å². The van der Waals surface area contributed by atoms with Crippen LogP contribution in [0.25, 0.3) is 0 Å². The Bertz CT molecular complexity index is 336. The third-order valence-corrected chi connectivity index (χ3v) is 2.98. The number of likely N-dealkylation sites (tertiary alicyclic amines) is 1. The van der Waals surface area contributed by atoms with E-state index in [0.29, 0.717) is 12.5 Å². The average molecular weight is 261 g/mol. The highest BCUT2D eigenvalue weighted by molar-refractivity contribution is 5.85. The van der Waals surface area contributed by atoms with Crippen LogP contribution in [0.1, 0.15) is 27.2 Å². The molecule has 0 spiro atoms. The summed E-state index contributed by atoms with van der Waals surface area (Å²) >= 11 is 0. The highest BCUT2D eigenvalue weighted by atomic mass is 35.5. The Labute approximate surface area is 109 Å². The van der Waals surface area contributed by atoms with E-state index >= 15 is 0 Å². The van der Waals surface area contributed by atoms with Crippen LogP contribution in [0.5, 0.6) is 0 Å². The number of carbonyl (C=O) groups is 1. The van der Waals surface area contributed by atoms with Gasteiger partial charge < -0.3 is 15.4 Å². The molecule has 2 unspecified atom stereocenters. The van der Waals surface area contributed by atoms with Gasteiger partial charge in [-0.2, -0.15) is 0 Å². The molecular formula is C12H21ClN2O2. The minimum atomic E-state index is -0.417. The molecule has 0 aromatic rings. The Kier molecular flexibility index (Phi) is 4.10. The van der Waals surface area contributed by atoms with Crippen molar-refractivity contribution in [2.75, 3.05) is 13.1 Å². The fraction of sp³-hybridized carbons (Fsp3) is 0.750. The van der Waals surface area contributed by atoms with Gasteiger partial charge in [0.25, 0.3) is 0 Å². The van der Waals surface area contributed by atoms with E-state index in [9.17, 15) is 4.79 Å². The fourth-order valence-corrected chi connectivity index (χ4v) is 2.35. The Morgan fingerprint density at radius 1 is 1.53 bits per heavy atom. The largest absolute Gasteiger partial charge is 0.444 e. The predicted molar refractivity (Wildman–Crippen MR) is 69.2 cm³/mol. The molecular weight excluding hydrogens is 240 g/mol. The first-order chi connectivity index (χ1) is 7.35. The standard InChI is InChI=1S/C12H20N2O2.ClH/c1-12(2,3)16-11(15)14-6-8-4-10(13)5-9(8)7-14;/h4,9-10H,5-7,13H2,1-3H3;1H. The maximum Gasteiger partial charge on any atom is 0.410 e. The zero-order valence-corrected chi connectivity index (χ0v) is 11.4. The highest BCUT2D eigenvalue weighted by Crippen LogP contribution is 2.32. The summed E-state index contributed by atoms with van der Waals surface area (Å²) in [6, 6.07) is 0.181. The monoisotopic (exact) mass is 260 g/mol. The molecule has 1 heterocycles. The molecule has 1 saturated heterocycles. The van der Waals surface area contributed by atoms with Crippen molar-refractivity contribution in [1.29, 1.82) is 0 Å². The number of halogens is 1. The Morgan fingerprint density at radius 3 is 2.71 bits per heavy atom. The second-order valence-corrected chi connectivity index (χ2v) is 5.70. The lowest BCUT2D eigenvalue weighted by atomic mass is 10.1. The average Bonchev–Trinajstić information content (AvgIpc) is 2.56. The fourth-order valence-electron chi connectivity index (χ4n) is 2.35. The van der Waals surface area contributed by atoms with Gasteiger partial charge in [-0.1, -0.05) is 6.08 Å². The van der Waals surface area contributed by atoms with Crippen LogP contribution in [0.2, 0.25) is 0 Å². The first-order valence-corrected chi connectivity index (χ1v) is 5.79. The summed E-state index contributed by atoms with van der Waals surface area (Å²) in [6.07, 6.45) is 2.85. The quantitative estimate of drug-likeness (QED) is 0.677. The van der Waals surface area contributed by atoms with Gasteiger partial charge in [0.15, 0.2) is 0 Å². The SMILES string of the molecule is CC(C)(C)OC(=O)N1CC2=CC(N)CC2C1.Cl. The van der Waals surface area contributed by atoms with E-state index in [0.717, 1.165) is 13.0 Å². The van der Waals surface area contributed by atoms with Gasteiger partial charge in [0, 0.05) is 25.0 Å². The minimum absolute atomic E-state index is 0. The van der Waals surface area contributed by atoms with E-state index in [-0.39, 0.29) is 24.5 Å². The number of nitrogens with zero attached hydrogens (tertiary/aromatic N) is 1. The van der Waals surface area contributed by atoms with Crippen molar-refractivity contribution in [1.82, 2.24) is 4.90 Å². The molecule has 0 bridgehead atoms. The predicted octanol–water partition coefficient (Wildman–Crippen LogP) is 1.93. The summed E-state index contributed by atoms with van der Waals surface area (Å²) in [6.45, 7) is 7.10. The van der Waals surface area contributed by atoms with Crippen LogP contribution in [0.15, 0.2) is 11.6 Å². The maximum absolute atomic E-state index is 11.8. The van der Waals surface area contributed by atoms with Crippen LogP contribution in [0.4, 0.5) is 4.79 Å². The Balaban J connectivity index is 0.00000144. The first kappa shape index (κ1) is 14.3. The second-order valence-electron chi connectivity index (χ2n) is 5.70. The molecule has 2 aliphatic rings. The summed E-state index contributed by atoms with van der Waals surface area (Å²) in [5.41, 5.74) is 6.72. The van der Waals surface area contributed by atoms with Crippen molar-refractivity contribution in [2.24, 2.45) is 11.7 Å². The van der Waals surface area contributed by atoms with Crippen LogP contribution < -0.4 is 5.73 Å². The minimum Gasteiger partial charge on any atom is -0.444 e. The third kappa shape index (κ3) is 3.36. The van der Waals surface area contributed by atoms with Crippen LogP contribution in [0, 0.1) is 5.92 Å². The smallest absolute Gasteiger partial charge is 0.410 e. The van der Waals surface area contributed by atoms with Crippen LogP contribution in [-0.4, -0.2) is 35.7 Å². The van der Waals surface area contributed by atoms with Gasteiger partial charge in [0.05, 0.1) is 0 Å². The summed E-state index contributed by atoms with van der Waals surface area (Å²) in [7, 11) is 0. The molecule has 0 saturated carbocycles. The van der Waals surface area contributed by atoms with Crippen LogP contribution in [0.3, 0.4) is 0 Å². The molecule has 1 fully saturated rings. The van der Waals surface area contributed by atoms with Gasteiger partial charge in [0.1, 0.15) is 5.60 Å². The van der Waals surface area contributed by atoms with Gasteiger partial charge in [-0.3, -0.25) is 0 Å². The van der Waals surface area contributed by atoms with Gasteiger partial charge >= 0.3 is 6.09 Å². The lowest BCUT2D eigenvalue weighted by Gasteiger charge is -2.24. The lowest BCUT2D eigenvalue weighted by Crippen LogP contribution is -2.36. The third-order valence-electron chi connectivity index (χ3n) is 2.98. The summed E-state index contributed by atoms with van der Waals surface area (Å²) in [5, 5.41) is 0. The highest BCUT2D eigenvalue weighted by Gasteiger charge is 2.36. The topological polar surface area (TPSA) is 55.6 Å². The normalized spacial score (nSPS) is 27.3. The number of fused-ring (bicyclic) bond motifs is 1. The molecule has 98 valence electrons. The number of rotatable bonds is 0. The van der Waals surface area contributed by atoms with E-state index < -0.39 is 5.60 Å². The van der Waals surface area contributed by atoms with Crippen LogP contribution in [-0.2, 0) is 4.74 Å². The van der Waals surface area contributed by atoms with Crippen molar-refractivity contribution in [3.63, 3.8) is 0 Å². The number of ether oxygens (including phenoxy) is 1. The van der Waals surface area contributed by atoms with E-state index in [2.05, 4.69) is 6.08 Å². The van der Waals surface area contributed by atoms with Gasteiger partial charge in [-0.15, -0.1) is 12.4 Å². The van der Waals surface area contributed by atoms with Crippen molar-refractivity contribution < 1.29 is 9.53 Å². The van der Waals surface area contributed by atoms with E-state index in [1.165, 1.54) is 5.57 Å². The Hall–Kier alpha value is -0.740. The number of amides is 1. The van der Waals surface area contributed by atoms with Crippen molar-refractivity contribution in [3.8, 4) is 0 Å². The van der Waals surface area contributed by atoms with E-state index in [4.69, 9.17) is 10.5 Å². The second kappa shape index (κ2) is 4.86. The molecule has 5 heteroatoms. The molecule has 0 aromatic carbocycles. The summed E-state index contributed by atoms with van der Waals surface area (Å²) in [4.78, 5) is 13.6. The number of nitrogens with two attached hydrogens (primary N) is 1. The van der Waals surface area contributed by atoms with Gasteiger partial charge in [0.2, 0.25) is 0 Å². The van der Waals surface area contributed by atoms with Crippen LogP contribution >= 0.6 is 12.4 Å². The summed E-state index contributed by atoms with van der Waals surface area (Å²) in [5.74, 6) is 0.461. The number of hydrogen-bond donors (Lipinski definition) is 1. The Morgan fingerprint density at radius 2 is 2.18 bits per heavy atom. The lowest BCUT2D eigenvalue weighted by molar-refractivity contribution is 0.0289.